The minimum Gasteiger partial charge on any atom is -0.459 e. The average Bonchev–Trinajstić information content (AvgIpc) is 3.45. The molecule has 0 aromatic heterocycles. The maximum atomic E-state index is 12.2. The highest BCUT2D eigenvalue weighted by molar-refractivity contribution is 5.80. The van der Waals surface area contributed by atoms with E-state index in [0.29, 0.717) is 24.7 Å². The topological polar surface area (TPSA) is 178 Å². The van der Waals surface area contributed by atoms with Gasteiger partial charge in [-0.05, 0) is 247 Å². The number of esters is 6. The van der Waals surface area contributed by atoms with Crippen LogP contribution in [0.1, 0.15) is 330 Å². The zero-order chi connectivity index (χ0) is 62.6. The van der Waals surface area contributed by atoms with E-state index >= 15 is 0 Å². The van der Waals surface area contributed by atoms with Crippen molar-refractivity contribution in [3.8, 4) is 0 Å². The molecule has 4 bridgehead atoms. The molecule has 0 amide bonds. The fourth-order valence-electron chi connectivity index (χ4n) is 13.2. The molecule has 0 aliphatic heterocycles. The van der Waals surface area contributed by atoms with Gasteiger partial charge in [0.2, 0.25) is 0 Å². The Morgan fingerprint density at radius 1 is 0.458 bits per heavy atom. The summed E-state index contributed by atoms with van der Waals surface area (Å²) < 4.78 is 33.7. The first-order valence-electron chi connectivity index (χ1n) is 33.8. The van der Waals surface area contributed by atoms with Crippen LogP contribution < -0.4 is 0 Å². The summed E-state index contributed by atoms with van der Waals surface area (Å²) in [6.07, 6.45) is 34.1. The van der Waals surface area contributed by atoms with Gasteiger partial charge in [0.25, 0.3) is 0 Å². The summed E-state index contributed by atoms with van der Waals surface area (Å²) in [6, 6.07) is 0. The van der Waals surface area contributed by atoms with E-state index in [0.717, 1.165) is 122 Å². The smallest absolute Gasteiger partial charge is 0.344 e. The summed E-state index contributed by atoms with van der Waals surface area (Å²) in [6.45, 7) is 33.5. The average molecular weight is 1170 g/mol. The standard InChI is InChI=1S/C18H28O5.C14H26O2.2C13H24O2.C12H22O2/c1-4-16(2,3)15(20)22-10-14(19)23-18-8-12-5-13(9-18)7-17(21,6-12)11-18;1-5-13(3,4)12(15)16-14(6-2)10-8-7-9-11-14;1-5-12(2,3)11(14)15-13(4)9-7-6-8-10-13;1-4-11(3)12(14)15-13(5-2)9-7-6-8-10-13;1-4-10(2)11(13)14-12(3)8-6-5-7-9-12/h12-13,21H,4-11H2,1-3H3;5-11H2,1-4H3;5-10H2,1-4H3;11H,4-10H2,1-3H3;10H,4-9H2,1-3H3. The van der Waals surface area contributed by atoms with E-state index in [9.17, 15) is 33.9 Å². The molecule has 482 valence electrons. The van der Waals surface area contributed by atoms with Crippen LogP contribution >= 0.6 is 0 Å². The summed E-state index contributed by atoms with van der Waals surface area (Å²) in [7, 11) is 0. The highest BCUT2D eigenvalue weighted by atomic mass is 16.6. The summed E-state index contributed by atoms with van der Waals surface area (Å²) in [5.41, 5.74) is -3.09. The molecule has 8 aliphatic rings. The Bertz CT molecular complexity index is 2000. The number of aliphatic hydroxyl groups is 1. The molecule has 0 spiro atoms. The second-order valence-corrected chi connectivity index (χ2v) is 29.6. The summed E-state index contributed by atoms with van der Waals surface area (Å²) in [5, 5.41) is 10.7. The van der Waals surface area contributed by atoms with E-state index in [4.69, 9.17) is 28.4 Å². The number of rotatable bonds is 19. The third kappa shape index (κ3) is 23.1. The summed E-state index contributed by atoms with van der Waals surface area (Å²) in [5.74, 6) is 0.0820. The van der Waals surface area contributed by atoms with Crippen LogP contribution in [0.25, 0.3) is 0 Å². The third-order valence-corrected chi connectivity index (χ3v) is 20.9. The molecule has 8 saturated carbocycles. The number of hydrogen-bond donors (Lipinski definition) is 1. The van der Waals surface area contributed by atoms with Gasteiger partial charge in [-0.1, -0.05) is 88.0 Å². The van der Waals surface area contributed by atoms with Crippen LogP contribution in [0, 0.1) is 39.9 Å². The van der Waals surface area contributed by atoms with Crippen LogP contribution in [0.5, 0.6) is 0 Å². The quantitative estimate of drug-likeness (QED) is 0.0955. The highest BCUT2D eigenvalue weighted by Crippen LogP contribution is 2.59. The summed E-state index contributed by atoms with van der Waals surface area (Å²) in [4.78, 5) is 71.6. The zero-order valence-electron chi connectivity index (χ0n) is 56.2. The van der Waals surface area contributed by atoms with Crippen molar-refractivity contribution in [2.45, 2.75) is 363 Å². The second-order valence-electron chi connectivity index (χ2n) is 29.6. The van der Waals surface area contributed by atoms with Gasteiger partial charge >= 0.3 is 35.8 Å². The van der Waals surface area contributed by atoms with Gasteiger partial charge in [-0.15, -0.1) is 0 Å². The van der Waals surface area contributed by atoms with Gasteiger partial charge in [0.15, 0.2) is 6.61 Å². The van der Waals surface area contributed by atoms with E-state index in [1.54, 1.807) is 13.8 Å². The Kier molecular flexibility index (Phi) is 29.1. The lowest BCUT2D eigenvalue weighted by atomic mass is 9.52. The Morgan fingerprint density at radius 2 is 0.807 bits per heavy atom. The zero-order valence-corrected chi connectivity index (χ0v) is 56.2. The maximum Gasteiger partial charge on any atom is 0.344 e. The molecule has 13 nitrogen and oxygen atoms in total. The second kappa shape index (κ2) is 32.7. The first kappa shape index (κ1) is 74.0. The molecule has 0 saturated heterocycles. The Hall–Kier alpha value is -3.22. The predicted molar refractivity (Wildman–Crippen MR) is 330 cm³/mol. The largest absolute Gasteiger partial charge is 0.459 e. The molecule has 0 radical (unpaired) electrons. The van der Waals surface area contributed by atoms with Crippen molar-refractivity contribution in [3.05, 3.63) is 0 Å². The van der Waals surface area contributed by atoms with E-state index in [1.807, 2.05) is 76.2 Å². The molecule has 83 heavy (non-hydrogen) atoms. The van der Waals surface area contributed by atoms with Crippen molar-refractivity contribution in [3.63, 3.8) is 0 Å². The molecule has 1 N–H and O–H groups in total. The van der Waals surface area contributed by atoms with Gasteiger partial charge in [-0.2, -0.15) is 0 Å². The maximum absolute atomic E-state index is 12.2. The van der Waals surface area contributed by atoms with Gasteiger partial charge in [0.1, 0.15) is 28.0 Å². The van der Waals surface area contributed by atoms with Crippen LogP contribution in [0.2, 0.25) is 0 Å². The van der Waals surface area contributed by atoms with Gasteiger partial charge in [0.05, 0.1) is 33.7 Å². The van der Waals surface area contributed by atoms with Crippen molar-refractivity contribution in [1.82, 2.24) is 0 Å². The normalized spacial score (nSPS) is 26.2. The molecule has 8 rings (SSSR count). The molecule has 0 heterocycles. The fourth-order valence-corrected chi connectivity index (χ4v) is 13.2. The Morgan fingerprint density at radius 3 is 1.18 bits per heavy atom. The lowest BCUT2D eigenvalue weighted by Gasteiger charge is -2.59. The SMILES string of the molecule is CCC(C)(C)C(=O)OC1(C)CCCCC1.CCC(C)(C)C(=O)OCC(=O)OC12CC3CC(CC(O)(C3)C1)C2.CCC(C)C(=O)OC1(C)CCCCC1.CCC(C)C(=O)OC1(CC)CCCCC1.CCC1(OC(=O)C(C)(C)CC)CCCCC1. The number of carbonyl (C=O) groups is 6. The van der Waals surface area contributed by atoms with E-state index < -0.39 is 22.6 Å². The summed E-state index contributed by atoms with van der Waals surface area (Å²) >= 11 is 0. The van der Waals surface area contributed by atoms with Gasteiger partial charge < -0.3 is 33.5 Å². The molecule has 0 aromatic carbocycles. The van der Waals surface area contributed by atoms with Crippen LogP contribution in [0.15, 0.2) is 0 Å². The minimum absolute atomic E-state index is 0.00116. The first-order valence-corrected chi connectivity index (χ1v) is 33.8. The molecule has 4 unspecified atom stereocenters. The lowest BCUT2D eigenvalue weighted by Crippen LogP contribution is -2.60. The van der Waals surface area contributed by atoms with E-state index in [2.05, 4.69) is 27.7 Å². The van der Waals surface area contributed by atoms with E-state index in [-0.39, 0.29) is 81.5 Å². The van der Waals surface area contributed by atoms with Crippen molar-refractivity contribution in [1.29, 1.82) is 0 Å². The van der Waals surface area contributed by atoms with Gasteiger partial charge in [-0.25, -0.2) is 4.79 Å². The van der Waals surface area contributed by atoms with Crippen LogP contribution in [-0.4, -0.2) is 81.1 Å². The lowest BCUT2D eigenvalue weighted by molar-refractivity contribution is -0.222. The van der Waals surface area contributed by atoms with Crippen molar-refractivity contribution < 1.29 is 62.3 Å². The molecule has 8 aliphatic carbocycles. The van der Waals surface area contributed by atoms with Crippen molar-refractivity contribution >= 4 is 35.8 Å². The third-order valence-electron chi connectivity index (χ3n) is 20.9. The predicted octanol–water partition coefficient (Wildman–Crippen LogP) is 17.3. The monoisotopic (exact) mass is 1170 g/mol. The number of hydrogen-bond acceptors (Lipinski definition) is 13. The number of carbonyl (C=O) groups excluding carboxylic acids is 6. The Labute approximate surface area is 505 Å². The molecule has 13 heteroatoms. The van der Waals surface area contributed by atoms with Crippen molar-refractivity contribution in [2.24, 2.45) is 39.9 Å². The van der Waals surface area contributed by atoms with Crippen LogP contribution in [0.4, 0.5) is 0 Å². The van der Waals surface area contributed by atoms with Gasteiger partial charge in [-0.3, -0.25) is 24.0 Å². The van der Waals surface area contributed by atoms with Crippen molar-refractivity contribution in [2.75, 3.05) is 6.61 Å². The Balaban J connectivity index is 0.000000276. The van der Waals surface area contributed by atoms with Crippen LogP contribution in [-0.2, 0) is 57.2 Å². The first-order chi connectivity index (χ1) is 38.7. The van der Waals surface area contributed by atoms with Gasteiger partial charge in [0, 0.05) is 6.42 Å². The minimum atomic E-state index is -0.661. The number of ether oxygens (including phenoxy) is 6. The molecular weight excluding hydrogens is 1050 g/mol. The fraction of sp³-hybridized carbons (Fsp3) is 0.914. The molecule has 8 fully saturated rings. The molecular formula is C70H124O13. The van der Waals surface area contributed by atoms with Crippen LogP contribution in [0.3, 0.4) is 0 Å². The van der Waals surface area contributed by atoms with E-state index in [1.165, 1.54) is 77.0 Å². The molecule has 0 aromatic rings. The highest BCUT2D eigenvalue weighted by Gasteiger charge is 2.59. The molecule has 4 atom stereocenters.